The molecule has 0 saturated carbocycles. The molecule has 0 radical (unpaired) electrons. The molecule has 0 saturated heterocycles. The van der Waals surface area contributed by atoms with Gasteiger partial charge in [-0.1, -0.05) is 17.8 Å². The number of hydrogen-bond donors (Lipinski definition) is 2. The second-order valence-electron chi connectivity index (χ2n) is 7.17. The van der Waals surface area contributed by atoms with E-state index in [0.29, 0.717) is 22.3 Å². The van der Waals surface area contributed by atoms with E-state index >= 15 is 0 Å². The highest BCUT2D eigenvalue weighted by molar-refractivity contribution is 7.99. The van der Waals surface area contributed by atoms with Gasteiger partial charge in [-0.3, -0.25) is 9.59 Å². The normalized spacial score (nSPS) is 10.7. The molecular weight excluding hydrogens is 472 g/mol. The number of carbonyl (C=O) groups is 1. The molecule has 2 aromatic carbocycles. The fourth-order valence-corrected chi connectivity index (χ4v) is 4.85. The Morgan fingerprint density at radius 3 is 2.56 bits per heavy atom. The number of methoxy groups -OCH3 is 2. The van der Waals surface area contributed by atoms with Crippen LogP contribution in [-0.2, 0) is 4.79 Å². The molecule has 1 amide bonds. The van der Waals surface area contributed by atoms with Gasteiger partial charge in [-0.05, 0) is 43.3 Å². The van der Waals surface area contributed by atoms with Gasteiger partial charge in [0.05, 0.1) is 36.2 Å². The summed E-state index contributed by atoms with van der Waals surface area (Å²) in [6.45, 7) is 1.89. The first-order chi connectivity index (χ1) is 16.4. The Morgan fingerprint density at radius 2 is 1.82 bits per heavy atom. The molecule has 2 N–H and O–H groups in total. The van der Waals surface area contributed by atoms with Gasteiger partial charge >= 0.3 is 0 Å². The summed E-state index contributed by atoms with van der Waals surface area (Å²) in [5.74, 6) is 1.29. The number of carbonyl (C=O) groups excluding carboxylic acids is 1. The van der Waals surface area contributed by atoms with Gasteiger partial charge in [0.15, 0.2) is 5.16 Å². The van der Waals surface area contributed by atoms with E-state index in [2.05, 4.69) is 20.3 Å². The Balaban J connectivity index is 1.49. The van der Waals surface area contributed by atoms with Gasteiger partial charge in [0.25, 0.3) is 5.56 Å². The first-order valence-corrected chi connectivity index (χ1v) is 12.1. The fraction of sp³-hybridized carbons (Fsp3) is 0.167. The number of aromatic amines is 1. The van der Waals surface area contributed by atoms with Crippen molar-refractivity contribution in [3.05, 3.63) is 70.6 Å². The number of amides is 1. The minimum atomic E-state index is -0.292. The smallest absolute Gasteiger partial charge is 0.252 e. The average Bonchev–Trinajstić information content (AvgIpc) is 3.24. The number of hydrogen-bond acceptors (Lipinski definition) is 8. The average molecular weight is 495 g/mol. The lowest BCUT2D eigenvalue weighted by molar-refractivity contribution is -0.113. The van der Waals surface area contributed by atoms with Crippen molar-refractivity contribution in [2.24, 2.45) is 0 Å². The number of thioether (sulfide) groups is 1. The molecule has 0 aliphatic rings. The van der Waals surface area contributed by atoms with Gasteiger partial charge < -0.3 is 19.8 Å². The highest BCUT2D eigenvalue weighted by Crippen LogP contribution is 2.35. The van der Waals surface area contributed by atoms with Crippen LogP contribution in [0.2, 0.25) is 0 Å². The molecule has 0 aliphatic carbocycles. The van der Waals surface area contributed by atoms with Crippen LogP contribution >= 0.6 is 23.1 Å². The monoisotopic (exact) mass is 494 g/mol. The molecule has 2 aromatic heterocycles. The number of rotatable bonds is 8. The molecule has 10 heteroatoms. The van der Waals surface area contributed by atoms with Crippen LogP contribution in [0.3, 0.4) is 0 Å². The molecule has 0 bridgehead atoms. The molecule has 0 aliphatic heterocycles. The number of benzene rings is 2. The Labute approximate surface area is 204 Å². The highest BCUT2D eigenvalue weighted by Gasteiger charge is 2.15. The molecule has 174 valence electrons. The lowest BCUT2D eigenvalue weighted by atomic mass is 10.2. The van der Waals surface area contributed by atoms with Crippen LogP contribution in [0.4, 0.5) is 5.69 Å². The lowest BCUT2D eigenvalue weighted by Crippen LogP contribution is -2.15. The minimum absolute atomic E-state index is 0.0857. The molecule has 0 atom stereocenters. The maximum Gasteiger partial charge on any atom is 0.252 e. The Bertz CT molecular complexity index is 1370. The number of ether oxygens (including phenoxy) is 2. The van der Waals surface area contributed by atoms with Crippen molar-refractivity contribution < 1.29 is 14.3 Å². The molecule has 8 nitrogen and oxygen atoms in total. The van der Waals surface area contributed by atoms with Crippen molar-refractivity contribution >= 4 is 34.7 Å². The van der Waals surface area contributed by atoms with E-state index in [9.17, 15) is 9.59 Å². The molecule has 0 fully saturated rings. The van der Waals surface area contributed by atoms with Crippen molar-refractivity contribution in [1.29, 1.82) is 0 Å². The molecule has 0 unspecified atom stereocenters. The Morgan fingerprint density at radius 1 is 1.06 bits per heavy atom. The molecule has 2 heterocycles. The predicted octanol–water partition coefficient (Wildman–Crippen LogP) is 4.62. The number of anilines is 1. The summed E-state index contributed by atoms with van der Waals surface area (Å²) in [6, 6.07) is 16.2. The zero-order valence-electron chi connectivity index (χ0n) is 18.7. The van der Waals surface area contributed by atoms with E-state index in [4.69, 9.17) is 9.47 Å². The maximum absolute atomic E-state index is 12.4. The van der Waals surface area contributed by atoms with Gasteiger partial charge in [-0.25, -0.2) is 9.97 Å². The Kier molecular flexibility index (Phi) is 7.29. The third-order valence-electron chi connectivity index (χ3n) is 4.78. The Hall–Kier alpha value is -3.63. The van der Waals surface area contributed by atoms with Crippen LogP contribution in [0.25, 0.3) is 21.1 Å². The number of aromatic nitrogens is 3. The maximum atomic E-state index is 12.4. The molecule has 34 heavy (non-hydrogen) atoms. The quantitative estimate of drug-likeness (QED) is 0.272. The SMILES string of the molecule is COc1ccc(-c2nc(C)c(-c3cc(=O)[nH]c(SCC(=O)Nc4cccc(OC)c4)n3)s2)cc1. The third kappa shape index (κ3) is 5.64. The van der Waals surface area contributed by atoms with E-state index in [1.54, 1.807) is 38.5 Å². The van der Waals surface area contributed by atoms with E-state index in [0.717, 1.165) is 38.7 Å². The third-order valence-corrected chi connectivity index (χ3v) is 6.88. The van der Waals surface area contributed by atoms with Crippen LogP contribution < -0.4 is 20.3 Å². The van der Waals surface area contributed by atoms with Gasteiger partial charge in [-0.2, -0.15) is 0 Å². The van der Waals surface area contributed by atoms with Gasteiger partial charge in [-0.15, -0.1) is 11.3 Å². The topological polar surface area (TPSA) is 106 Å². The van der Waals surface area contributed by atoms with Crippen LogP contribution in [0, 0.1) is 6.92 Å². The van der Waals surface area contributed by atoms with Gasteiger partial charge in [0.2, 0.25) is 5.91 Å². The van der Waals surface area contributed by atoms with E-state index in [-0.39, 0.29) is 17.2 Å². The lowest BCUT2D eigenvalue weighted by Gasteiger charge is -2.07. The number of nitrogens with one attached hydrogen (secondary N) is 2. The summed E-state index contributed by atoms with van der Waals surface area (Å²) in [6.07, 6.45) is 0. The predicted molar refractivity (Wildman–Crippen MR) is 135 cm³/mol. The van der Waals surface area contributed by atoms with Crippen molar-refractivity contribution in [2.75, 3.05) is 25.3 Å². The van der Waals surface area contributed by atoms with Crippen molar-refractivity contribution in [1.82, 2.24) is 15.0 Å². The number of thiazole rings is 1. The summed E-state index contributed by atoms with van der Waals surface area (Å²) in [5, 5.41) is 4.00. The summed E-state index contributed by atoms with van der Waals surface area (Å²) in [5.41, 5.74) is 2.59. The summed E-state index contributed by atoms with van der Waals surface area (Å²) in [4.78, 5) is 37.4. The van der Waals surface area contributed by atoms with E-state index in [1.165, 1.54) is 17.4 Å². The van der Waals surface area contributed by atoms with E-state index in [1.807, 2.05) is 31.2 Å². The first kappa shape index (κ1) is 23.5. The summed E-state index contributed by atoms with van der Waals surface area (Å²) in [7, 11) is 3.19. The van der Waals surface area contributed by atoms with Crippen LogP contribution in [-0.4, -0.2) is 40.8 Å². The van der Waals surface area contributed by atoms with Gasteiger partial charge in [0, 0.05) is 23.4 Å². The number of H-pyrrole nitrogens is 1. The zero-order chi connectivity index (χ0) is 24.1. The number of aryl methyl sites for hydroxylation is 1. The standard InChI is InChI=1S/C24H22N4O4S2/c1-14-22(34-23(25-14)15-7-9-17(31-2)10-8-15)19-12-20(29)28-24(27-19)33-13-21(30)26-16-5-4-6-18(11-16)32-3/h4-12H,13H2,1-3H3,(H,26,30)(H,27,28,29). The summed E-state index contributed by atoms with van der Waals surface area (Å²) >= 11 is 2.61. The van der Waals surface area contributed by atoms with Crippen LogP contribution in [0.15, 0.2) is 64.5 Å². The van der Waals surface area contributed by atoms with Gasteiger partial charge in [0.1, 0.15) is 16.5 Å². The molecule has 4 rings (SSSR count). The second-order valence-corrected chi connectivity index (χ2v) is 9.13. The van der Waals surface area contributed by atoms with Crippen molar-refractivity contribution in [2.45, 2.75) is 12.1 Å². The number of nitrogens with zero attached hydrogens (tertiary/aromatic N) is 2. The summed E-state index contributed by atoms with van der Waals surface area (Å²) < 4.78 is 10.4. The van der Waals surface area contributed by atoms with Crippen LogP contribution in [0.1, 0.15) is 5.69 Å². The molecule has 4 aromatic rings. The minimum Gasteiger partial charge on any atom is -0.497 e. The molecule has 0 spiro atoms. The zero-order valence-corrected chi connectivity index (χ0v) is 20.4. The first-order valence-electron chi connectivity index (χ1n) is 10.3. The second kappa shape index (κ2) is 10.5. The van der Waals surface area contributed by atoms with Crippen LogP contribution in [0.5, 0.6) is 11.5 Å². The molecular formula is C24H22N4O4S2. The largest absolute Gasteiger partial charge is 0.497 e. The fourth-order valence-electron chi connectivity index (χ4n) is 3.14. The van der Waals surface area contributed by atoms with Crippen molar-refractivity contribution in [3.63, 3.8) is 0 Å². The highest BCUT2D eigenvalue weighted by atomic mass is 32.2. The van der Waals surface area contributed by atoms with E-state index < -0.39 is 0 Å². The van der Waals surface area contributed by atoms with Crippen molar-refractivity contribution in [3.8, 4) is 32.6 Å².